The highest BCUT2D eigenvalue weighted by Crippen LogP contribution is 2.23. The lowest BCUT2D eigenvalue weighted by atomic mass is 10.3. The van der Waals surface area contributed by atoms with Crippen molar-refractivity contribution < 1.29 is 0 Å². The molecule has 1 aromatic heterocycles. The van der Waals surface area contributed by atoms with E-state index in [0.717, 1.165) is 9.26 Å². The van der Waals surface area contributed by atoms with E-state index < -0.39 is 0 Å². The second-order valence-electron chi connectivity index (χ2n) is 2.93. The van der Waals surface area contributed by atoms with Crippen LogP contribution in [0, 0.1) is 3.57 Å². The molecule has 1 heterocycles. The molecule has 0 saturated carbocycles. The van der Waals surface area contributed by atoms with E-state index in [1.165, 1.54) is 6.33 Å². The molecule has 15 heavy (non-hydrogen) atoms. The van der Waals surface area contributed by atoms with Gasteiger partial charge < -0.3 is 11.1 Å². The fraction of sp³-hybridized carbons (Fsp3) is 0. The van der Waals surface area contributed by atoms with Gasteiger partial charge in [0.25, 0.3) is 0 Å². The van der Waals surface area contributed by atoms with Gasteiger partial charge in [-0.15, -0.1) is 0 Å². The number of halogens is 1. The molecule has 5 heteroatoms. The summed E-state index contributed by atoms with van der Waals surface area (Å²) >= 11 is 2.25. The minimum absolute atomic E-state index is 0.539. The van der Waals surface area contributed by atoms with Gasteiger partial charge in [0, 0.05) is 3.57 Å². The van der Waals surface area contributed by atoms with Gasteiger partial charge in [-0.2, -0.15) is 0 Å². The van der Waals surface area contributed by atoms with E-state index in [4.69, 9.17) is 5.73 Å². The lowest BCUT2D eigenvalue weighted by Gasteiger charge is -2.08. The molecular weight excluding hydrogens is 303 g/mol. The number of nitrogens with zero attached hydrogens (tertiary/aromatic N) is 2. The van der Waals surface area contributed by atoms with Crippen LogP contribution in [-0.4, -0.2) is 9.97 Å². The zero-order valence-corrected chi connectivity index (χ0v) is 9.97. The third-order valence-corrected chi connectivity index (χ3v) is 2.81. The summed E-state index contributed by atoms with van der Waals surface area (Å²) in [6, 6.07) is 7.93. The van der Waals surface area contributed by atoms with Crippen molar-refractivity contribution in [1.82, 2.24) is 9.97 Å². The predicted molar refractivity (Wildman–Crippen MR) is 68.9 cm³/mol. The Morgan fingerprint density at radius 2 is 2.07 bits per heavy atom. The van der Waals surface area contributed by atoms with Crippen LogP contribution in [0.25, 0.3) is 0 Å². The number of anilines is 3. The first-order valence-corrected chi connectivity index (χ1v) is 5.42. The standard InChI is InChI=1S/C10H9IN4/c11-7-3-1-2-4-9(7)15-10-8(12)5-13-6-14-10/h1-6H,12H2,(H,13,14,15). The molecule has 1 aromatic carbocycles. The Kier molecular flexibility index (Phi) is 3.00. The fourth-order valence-electron chi connectivity index (χ4n) is 1.13. The van der Waals surface area contributed by atoms with Crippen LogP contribution in [0.4, 0.5) is 17.2 Å². The summed E-state index contributed by atoms with van der Waals surface area (Å²) < 4.78 is 1.12. The molecule has 0 saturated heterocycles. The quantitative estimate of drug-likeness (QED) is 0.836. The fourth-order valence-corrected chi connectivity index (χ4v) is 1.66. The average molecular weight is 312 g/mol. The second-order valence-corrected chi connectivity index (χ2v) is 4.09. The number of nitrogens with one attached hydrogen (secondary N) is 1. The number of hydrogen-bond acceptors (Lipinski definition) is 4. The number of nitrogen functional groups attached to an aromatic ring is 1. The number of hydrogen-bond donors (Lipinski definition) is 2. The van der Waals surface area contributed by atoms with Crippen LogP contribution < -0.4 is 11.1 Å². The maximum absolute atomic E-state index is 5.73. The molecular formula is C10H9IN4. The molecule has 0 amide bonds. The number of aromatic nitrogens is 2. The summed E-state index contributed by atoms with van der Waals surface area (Å²) in [6.07, 6.45) is 3.04. The Hall–Kier alpha value is -1.37. The van der Waals surface area contributed by atoms with Gasteiger partial charge in [-0.1, -0.05) is 12.1 Å². The van der Waals surface area contributed by atoms with Crippen LogP contribution in [0.3, 0.4) is 0 Å². The van der Waals surface area contributed by atoms with Crippen molar-refractivity contribution >= 4 is 39.8 Å². The number of para-hydroxylation sites is 1. The Morgan fingerprint density at radius 3 is 2.80 bits per heavy atom. The highest BCUT2D eigenvalue weighted by molar-refractivity contribution is 14.1. The van der Waals surface area contributed by atoms with E-state index in [1.807, 2.05) is 24.3 Å². The summed E-state index contributed by atoms with van der Waals surface area (Å²) in [5.41, 5.74) is 7.26. The molecule has 0 atom stereocenters. The number of benzene rings is 1. The van der Waals surface area contributed by atoms with Crippen molar-refractivity contribution in [3.63, 3.8) is 0 Å². The maximum atomic E-state index is 5.73. The minimum atomic E-state index is 0.539. The smallest absolute Gasteiger partial charge is 0.157 e. The molecule has 3 N–H and O–H groups in total. The lowest BCUT2D eigenvalue weighted by molar-refractivity contribution is 1.17. The Labute approximate surface area is 101 Å². The van der Waals surface area contributed by atoms with Crippen LogP contribution >= 0.6 is 22.6 Å². The van der Waals surface area contributed by atoms with Crippen LogP contribution in [0.15, 0.2) is 36.8 Å². The second kappa shape index (κ2) is 4.43. The van der Waals surface area contributed by atoms with Crippen LogP contribution in [0.2, 0.25) is 0 Å². The van der Waals surface area contributed by atoms with Gasteiger partial charge in [-0.05, 0) is 34.7 Å². The monoisotopic (exact) mass is 312 g/mol. The Balaban J connectivity index is 2.30. The van der Waals surface area contributed by atoms with E-state index in [-0.39, 0.29) is 0 Å². The van der Waals surface area contributed by atoms with Crippen LogP contribution in [-0.2, 0) is 0 Å². The van der Waals surface area contributed by atoms with Gasteiger partial charge in [0.05, 0.1) is 17.6 Å². The first kappa shape index (κ1) is 10.2. The molecule has 0 bridgehead atoms. The van der Waals surface area contributed by atoms with Crippen molar-refractivity contribution in [3.05, 3.63) is 40.4 Å². The molecule has 4 nitrogen and oxygen atoms in total. The van der Waals surface area contributed by atoms with Gasteiger partial charge in [0.2, 0.25) is 0 Å². The maximum Gasteiger partial charge on any atom is 0.157 e. The minimum Gasteiger partial charge on any atom is -0.394 e. The summed E-state index contributed by atoms with van der Waals surface area (Å²) in [6.45, 7) is 0. The van der Waals surface area contributed by atoms with E-state index in [0.29, 0.717) is 11.5 Å². The van der Waals surface area contributed by atoms with E-state index >= 15 is 0 Å². The topological polar surface area (TPSA) is 63.8 Å². The van der Waals surface area contributed by atoms with Gasteiger partial charge in [-0.25, -0.2) is 9.97 Å². The molecule has 0 aliphatic rings. The summed E-state index contributed by atoms with van der Waals surface area (Å²) in [5, 5.41) is 3.16. The molecule has 0 radical (unpaired) electrons. The zero-order valence-electron chi connectivity index (χ0n) is 7.81. The van der Waals surface area contributed by atoms with Crippen molar-refractivity contribution in [2.45, 2.75) is 0 Å². The molecule has 2 rings (SSSR count). The largest absolute Gasteiger partial charge is 0.394 e. The van der Waals surface area contributed by atoms with Gasteiger partial charge in [0.1, 0.15) is 6.33 Å². The zero-order chi connectivity index (χ0) is 10.7. The molecule has 0 aliphatic heterocycles. The molecule has 0 fully saturated rings. The predicted octanol–water partition coefficient (Wildman–Crippen LogP) is 2.41. The number of nitrogens with two attached hydrogens (primary N) is 1. The van der Waals surface area contributed by atoms with E-state index in [2.05, 4.69) is 37.9 Å². The molecule has 0 spiro atoms. The highest BCUT2D eigenvalue weighted by atomic mass is 127. The molecule has 76 valence electrons. The summed E-state index contributed by atoms with van der Waals surface area (Å²) in [4.78, 5) is 7.90. The van der Waals surface area contributed by atoms with Crippen molar-refractivity contribution in [2.75, 3.05) is 11.1 Å². The normalized spacial score (nSPS) is 9.93. The van der Waals surface area contributed by atoms with Crippen molar-refractivity contribution in [2.24, 2.45) is 0 Å². The number of rotatable bonds is 2. The molecule has 0 unspecified atom stereocenters. The van der Waals surface area contributed by atoms with Crippen LogP contribution in [0.1, 0.15) is 0 Å². The third kappa shape index (κ3) is 2.35. The summed E-state index contributed by atoms with van der Waals surface area (Å²) in [5.74, 6) is 0.633. The van der Waals surface area contributed by atoms with E-state index in [9.17, 15) is 0 Å². The van der Waals surface area contributed by atoms with Gasteiger partial charge in [0.15, 0.2) is 5.82 Å². The van der Waals surface area contributed by atoms with Crippen molar-refractivity contribution in [1.29, 1.82) is 0 Å². The molecule has 0 aliphatic carbocycles. The van der Waals surface area contributed by atoms with Crippen molar-refractivity contribution in [3.8, 4) is 0 Å². The Morgan fingerprint density at radius 1 is 1.27 bits per heavy atom. The van der Waals surface area contributed by atoms with Crippen LogP contribution in [0.5, 0.6) is 0 Å². The third-order valence-electron chi connectivity index (χ3n) is 1.87. The lowest BCUT2D eigenvalue weighted by Crippen LogP contribution is -2.00. The molecule has 2 aromatic rings. The van der Waals surface area contributed by atoms with Gasteiger partial charge >= 0.3 is 0 Å². The summed E-state index contributed by atoms with van der Waals surface area (Å²) in [7, 11) is 0. The first-order chi connectivity index (χ1) is 7.27. The first-order valence-electron chi connectivity index (χ1n) is 4.34. The highest BCUT2D eigenvalue weighted by Gasteiger charge is 2.02. The average Bonchev–Trinajstić information content (AvgIpc) is 2.24. The Bertz CT molecular complexity index is 429. The van der Waals surface area contributed by atoms with E-state index in [1.54, 1.807) is 6.20 Å². The SMILES string of the molecule is Nc1cncnc1Nc1ccccc1I. The van der Waals surface area contributed by atoms with Gasteiger partial charge in [-0.3, -0.25) is 0 Å².